The second kappa shape index (κ2) is 4.42. The Kier molecular flexibility index (Phi) is 3.20. The third-order valence-corrected chi connectivity index (χ3v) is 3.62. The van der Waals surface area contributed by atoms with Crippen LogP contribution in [0, 0.1) is 0 Å². The molecule has 1 amide bonds. The van der Waals surface area contributed by atoms with Gasteiger partial charge in [-0.15, -0.1) is 11.3 Å². The summed E-state index contributed by atoms with van der Waals surface area (Å²) in [5, 5.41) is 1.46. The van der Waals surface area contributed by atoms with E-state index in [-0.39, 0.29) is 5.91 Å². The highest BCUT2D eigenvalue weighted by molar-refractivity contribution is 9.11. The highest BCUT2D eigenvalue weighted by Gasteiger charge is 2.20. The molecular formula is C9H10BrNO2S. The number of carbonyl (C=O) groups is 1. The van der Waals surface area contributed by atoms with E-state index in [2.05, 4.69) is 15.9 Å². The van der Waals surface area contributed by atoms with E-state index in [0.717, 1.165) is 21.5 Å². The Morgan fingerprint density at radius 3 is 2.93 bits per heavy atom. The van der Waals surface area contributed by atoms with Gasteiger partial charge in [0.2, 0.25) is 0 Å². The summed E-state index contributed by atoms with van der Waals surface area (Å²) in [6.45, 7) is 1.35. The molecule has 1 aromatic rings. The zero-order valence-corrected chi connectivity index (χ0v) is 9.94. The maximum absolute atomic E-state index is 11.8. The first-order valence-electron chi connectivity index (χ1n) is 4.47. The van der Waals surface area contributed by atoms with Crippen LogP contribution in [0.15, 0.2) is 15.9 Å². The molecule has 5 heteroatoms. The van der Waals surface area contributed by atoms with Crippen LogP contribution in [0.3, 0.4) is 0 Å². The van der Waals surface area contributed by atoms with Crippen LogP contribution in [-0.2, 0) is 4.84 Å². The van der Waals surface area contributed by atoms with Gasteiger partial charge in [-0.1, -0.05) is 0 Å². The Morgan fingerprint density at radius 2 is 2.36 bits per heavy atom. The molecule has 0 saturated carbocycles. The zero-order chi connectivity index (χ0) is 9.97. The van der Waals surface area contributed by atoms with E-state index >= 15 is 0 Å². The van der Waals surface area contributed by atoms with Crippen molar-refractivity contribution >= 4 is 33.2 Å². The van der Waals surface area contributed by atoms with E-state index in [0.29, 0.717) is 13.2 Å². The number of nitrogens with zero attached hydrogens (tertiary/aromatic N) is 1. The highest BCUT2D eigenvalue weighted by Crippen LogP contribution is 2.24. The van der Waals surface area contributed by atoms with Crippen LogP contribution in [0.25, 0.3) is 0 Å². The lowest BCUT2D eigenvalue weighted by atomic mass is 10.3. The average molecular weight is 276 g/mol. The Morgan fingerprint density at radius 1 is 1.50 bits per heavy atom. The normalized spacial score (nSPS) is 17.1. The van der Waals surface area contributed by atoms with Crippen LogP contribution in [0.4, 0.5) is 0 Å². The number of hydrogen-bond acceptors (Lipinski definition) is 3. The van der Waals surface area contributed by atoms with E-state index in [1.54, 1.807) is 0 Å². The van der Waals surface area contributed by atoms with Gasteiger partial charge in [-0.3, -0.25) is 9.63 Å². The van der Waals surface area contributed by atoms with Gasteiger partial charge < -0.3 is 0 Å². The van der Waals surface area contributed by atoms with Crippen LogP contribution < -0.4 is 0 Å². The fourth-order valence-electron chi connectivity index (χ4n) is 1.31. The lowest BCUT2D eigenvalue weighted by Gasteiger charge is -2.25. The van der Waals surface area contributed by atoms with E-state index in [1.807, 2.05) is 12.1 Å². The Bertz CT molecular complexity index is 333. The molecule has 0 unspecified atom stereocenters. The summed E-state index contributed by atoms with van der Waals surface area (Å²) in [7, 11) is 0. The molecule has 0 spiro atoms. The molecule has 0 atom stereocenters. The fourth-order valence-corrected chi connectivity index (χ4v) is 2.64. The lowest BCUT2D eigenvalue weighted by molar-refractivity contribution is -0.143. The van der Waals surface area contributed by atoms with Gasteiger partial charge >= 0.3 is 0 Å². The minimum Gasteiger partial charge on any atom is -0.271 e. The Balaban J connectivity index is 2.07. The van der Waals surface area contributed by atoms with Gasteiger partial charge in [-0.25, -0.2) is 5.06 Å². The van der Waals surface area contributed by atoms with Crippen LogP contribution in [0.2, 0.25) is 0 Å². The summed E-state index contributed by atoms with van der Waals surface area (Å²) in [5.74, 6) is -0.0274. The minimum absolute atomic E-state index is 0.0274. The summed E-state index contributed by atoms with van der Waals surface area (Å²) in [6.07, 6.45) is 2.07. The molecule has 0 aromatic carbocycles. The zero-order valence-electron chi connectivity index (χ0n) is 7.53. The standard InChI is InChI=1S/C9H10BrNO2S/c10-8-4-3-7(14-8)9(12)11-5-1-2-6-13-11/h3-4H,1-2,5-6H2. The molecule has 1 aliphatic heterocycles. The van der Waals surface area contributed by atoms with Gasteiger partial charge in [0.1, 0.15) is 0 Å². The predicted molar refractivity (Wildman–Crippen MR) is 58.2 cm³/mol. The number of rotatable bonds is 1. The Labute approximate surface area is 94.7 Å². The second-order valence-corrected chi connectivity index (χ2v) is 5.51. The molecule has 14 heavy (non-hydrogen) atoms. The van der Waals surface area contributed by atoms with Crippen LogP contribution in [-0.4, -0.2) is 24.1 Å². The number of carbonyl (C=O) groups excluding carboxylic acids is 1. The Hall–Kier alpha value is -0.390. The van der Waals surface area contributed by atoms with Crippen LogP contribution >= 0.6 is 27.3 Å². The molecule has 76 valence electrons. The van der Waals surface area contributed by atoms with Crippen molar-refractivity contribution in [2.24, 2.45) is 0 Å². The quantitative estimate of drug-likeness (QED) is 0.789. The van der Waals surface area contributed by atoms with Crippen LogP contribution in [0.1, 0.15) is 22.5 Å². The van der Waals surface area contributed by atoms with E-state index in [4.69, 9.17) is 4.84 Å². The van der Waals surface area contributed by atoms with Gasteiger partial charge in [-0.05, 0) is 40.9 Å². The van der Waals surface area contributed by atoms with Gasteiger partial charge in [0.05, 0.1) is 15.3 Å². The van der Waals surface area contributed by atoms with Gasteiger partial charge in [-0.2, -0.15) is 0 Å². The fraction of sp³-hybridized carbons (Fsp3) is 0.444. The largest absolute Gasteiger partial charge is 0.287 e. The summed E-state index contributed by atoms with van der Waals surface area (Å²) < 4.78 is 0.970. The van der Waals surface area contributed by atoms with Crippen molar-refractivity contribution in [2.75, 3.05) is 13.2 Å². The maximum atomic E-state index is 11.8. The summed E-state index contributed by atoms with van der Waals surface area (Å²) in [5.41, 5.74) is 0. The SMILES string of the molecule is O=C(c1ccc(Br)s1)N1CCCCO1. The lowest BCUT2D eigenvalue weighted by Crippen LogP contribution is -2.35. The number of halogens is 1. The van der Waals surface area contributed by atoms with Crippen molar-refractivity contribution in [1.29, 1.82) is 0 Å². The average Bonchev–Trinajstić information content (AvgIpc) is 2.65. The first kappa shape index (κ1) is 10.1. The first-order chi connectivity index (χ1) is 6.77. The topological polar surface area (TPSA) is 29.5 Å². The molecule has 1 fully saturated rings. The van der Waals surface area contributed by atoms with Crippen LogP contribution in [0.5, 0.6) is 0 Å². The number of hydrogen-bond donors (Lipinski definition) is 0. The molecule has 2 heterocycles. The summed E-state index contributed by atoms with van der Waals surface area (Å²) in [6, 6.07) is 3.69. The van der Waals surface area contributed by atoms with Crippen molar-refractivity contribution in [3.8, 4) is 0 Å². The molecule has 0 N–H and O–H groups in total. The van der Waals surface area contributed by atoms with E-state index in [9.17, 15) is 4.79 Å². The molecule has 0 aliphatic carbocycles. The third-order valence-electron chi connectivity index (χ3n) is 2.01. The molecular weight excluding hydrogens is 266 g/mol. The van der Waals surface area contributed by atoms with Gasteiger partial charge in [0, 0.05) is 6.54 Å². The number of amides is 1. The third kappa shape index (κ3) is 2.16. The van der Waals surface area contributed by atoms with Crippen molar-refractivity contribution in [3.05, 3.63) is 20.8 Å². The summed E-state index contributed by atoms with van der Waals surface area (Å²) >= 11 is 4.77. The molecule has 0 radical (unpaired) electrons. The van der Waals surface area contributed by atoms with Crippen molar-refractivity contribution in [1.82, 2.24) is 5.06 Å². The minimum atomic E-state index is -0.0274. The van der Waals surface area contributed by atoms with E-state index in [1.165, 1.54) is 16.4 Å². The molecule has 2 rings (SSSR count). The molecule has 0 bridgehead atoms. The number of thiophene rings is 1. The first-order valence-corrected chi connectivity index (χ1v) is 6.08. The van der Waals surface area contributed by atoms with Crippen molar-refractivity contribution < 1.29 is 9.63 Å². The highest BCUT2D eigenvalue weighted by atomic mass is 79.9. The second-order valence-electron chi connectivity index (χ2n) is 3.05. The van der Waals surface area contributed by atoms with Gasteiger partial charge in [0.25, 0.3) is 5.91 Å². The van der Waals surface area contributed by atoms with E-state index < -0.39 is 0 Å². The van der Waals surface area contributed by atoms with Crippen molar-refractivity contribution in [3.63, 3.8) is 0 Å². The maximum Gasteiger partial charge on any atom is 0.287 e. The molecule has 1 saturated heterocycles. The van der Waals surface area contributed by atoms with Gasteiger partial charge in [0.15, 0.2) is 0 Å². The summed E-state index contributed by atoms with van der Waals surface area (Å²) in [4.78, 5) is 17.8. The number of hydroxylamine groups is 2. The monoisotopic (exact) mass is 275 g/mol. The smallest absolute Gasteiger partial charge is 0.271 e. The molecule has 3 nitrogen and oxygen atoms in total. The molecule has 1 aliphatic rings. The van der Waals surface area contributed by atoms with Crippen molar-refractivity contribution in [2.45, 2.75) is 12.8 Å². The predicted octanol–water partition coefficient (Wildman–Crippen LogP) is 2.68. The molecule has 1 aromatic heterocycles.